The standard InChI is InChI=1S/C28H47N3O9/c1-28(2,3)27(36)30-13-6-17-39-20-22-40-21-19-38-16-5-12-29-24(33)11-18-37-15-4-7-23(32)10-14-31-25(34)8-9-26(31)35/h8-9H,4-7,10-22H2,1-3H3,(H,29,33)(H,30,36). The Hall–Kier alpha value is -2.67. The Morgan fingerprint density at radius 1 is 0.675 bits per heavy atom. The van der Waals surface area contributed by atoms with E-state index < -0.39 is 0 Å². The van der Waals surface area contributed by atoms with Crippen LogP contribution in [0.1, 0.15) is 59.3 Å². The molecule has 228 valence electrons. The Morgan fingerprint density at radius 3 is 1.75 bits per heavy atom. The maximum Gasteiger partial charge on any atom is 0.253 e. The summed E-state index contributed by atoms with van der Waals surface area (Å²) in [4.78, 5) is 59.4. The highest BCUT2D eigenvalue weighted by Crippen LogP contribution is 2.12. The molecule has 40 heavy (non-hydrogen) atoms. The maximum absolute atomic E-state index is 11.9. The summed E-state index contributed by atoms with van der Waals surface area (Å²) < 4.78 is 21.8. The van der Waals surface area contributed by atoms with Crippen molar-refractivity contribution in [3.05, 3.63) is 12.2 Å². The molecule has 1 heterocycles. The van der Waals surface area contributed by atoms with Gasteiger partial charge in [0.05, 0.1) is 33.0 Å². The predicted octanol–water partition coefficient (Wildman–Crippen LogP) is 1.17. The molecule has 0 bridgehead atoms. The number of hydrogen-bond donors (Lipinski definition) is 2. The molecule has 0 unspecified atom stereocenters. The summed E-state index contributed by atoms with van der Waals surface area (Å²) in [7, 11) is 0. The minimum atomic E-state index is -0.386. The Morgan fingerprint density at radius 2 is 1.18 bits per heavy atom. The first-order valence-electron chi connectivity index (χ1n) is 14.0. The van der Waals surface area contributed by atoms with Gasteiger partial charge in [0.25, 0.3) is 11.8 Å². The van der Waals surface area contributed by atoms with Gasteiger partial charge in [-0.3, -0.25) is 28.9 Å². The van der Waals surface area contributed by atoms with Gasteiger partial charge < -0.3 is 29.6 Å². The van der Waals surface area contributed by atoms with Crippen molar-refractivity contribution < 1.29 is 42.9 Å². The number of hydrogen-bond acceptors (Lipinski definition) is 9. The van der Waals surface area contributed by atoms with Crippen LogP contribution in [0.2, 0.25) is 0 Å². The zero-order chi connectivity index (χ0) is 29.6. The largest absolute Gasteiger partial charge is 0.381 e. The summed E-state index contributed by atoms with van der Waals surface area (Å²) >= 11 is 0. The molecule has 0 aromatic carbocycles. The second-order valence-corrected chi connectivity index (χ2v) is 10.3. The van der Waals surface area contributed by atoms with Crippen LogP contribution in [0.3, 0.4) is 0 Å². The molecule has 4 amide bonds. The fourth-order valence-electron chi connectivity index (χ4n) is 3.32. The van der Waals surface area contributed by atoms with E-state index in [1.54, 1.807) is 0 Å². The lowest BCUT2D eigenvalue weighted by Crippen LogP contribution is -2.35. The molecular weight excluding hydrogens is 522 g/mol. The molecule has 12 nitrogen and oxygen atoms in total. The van der Waals surface area contributed by atoms with Crippen LogP contribution >= 0.6 is 0 Å². The van der Waals surface area contributed by atoms with E-state index in [1.807, 2.05) is 20.8 Å². The van der Waals surface area contributed by atoms with E-state index in [0.717, 1.165) is 11.3 Å². The third kappa shape index (κ3) is 17.8. The molecule has 1 aliphatic heterocycles. The van der Waals surface area contributed by atoms with Crippen molar-refractivity contribution >= 4 is 29.4 Å². The first-order chi connectivity index (χ1) is 19.1. The highest BCUT2D eigenvalue weighted by molar-refractivity contribution is 6.13. The molecule has 1 aliphatic rings. The lowest BCUT2D eigenvalue weighted by Gasteiger charge is -2.17. The summed E-state index contributed by atoms with van der Waals surface area (Å²) in [5.74, 6) is -0.883. The molecular formula is C28H47N3O9. The van der Waals surface area contributed by atoms with Crippen molar-refractivity contribution in [3.8, 4) is 0 Å². The Balaban J connectivity index is 1.79. The third-order valence-electron chi connectivity index (χ3n) is 5.70. The number of carbonyl (C=O) groups is 5. The van der Waals surface area contributed by atoms with Crippen LogP contribution in [0.4, 0.5) is 0 Å². The van der Waals surface area contributed by atoms with Gasteiger partial charge in [-0.2, -0.15) is 0 Å². The highest BCUT2D eigenvalue weighted by atomic mass is 16.5. The van der Waals surface area contributed by atoms with Gasteiger partial charge in [0.1, 0.15) is 5.78 Å². The monoisotopic (exact) mass is 569 g/mol. The molecule has 1 rings (SSSR count). The molecule has 0 aliphatic carbocycles. The van der Waals surface area contributed by atoms with Crippen LogP contribution in [0.5, 0.6) is 0 Å². The number of nitrogens with one attached hydrogen (secondary N) is 2. The topological polar surface area (TPSA) is 150 Å². The average molecular weight is 570 g/mol. The smallest absolute Gasteiger partial charge is 0.253 e. The van der Waals surface area contributed by atoms with Crippen LogP contribution in [0.15, 0.2) is 12.2 Å². The molecule has 0 atom stereocenters. The quantitative estimate of drug-likeness (QED) is 0.129. The maximum atomic E-state index is 11.9. The minimum Gasteiger partial charge on any atom is -0.381 e. The number of ether oxygens (including phenoxy) is 4. The van der Waals surface area contributed by atoms with E-state index in [9.17, 15) is 24.0 Å². The Labute approximate surface area is 237 Å². The van der Waals surface area contributed by atoms with E-state index in [1.165, 1.54) is 12.2 Å². The third-order valence-corrected chi connectivity index (χ3v) is 5.70. The Kier molecular flexibility index (Phi) is 18.7. The van der Waals surface area contributed by atoms with E-state index >= 15 is 0 Å². The summed E-state index contributed by atoms with van der Waals surface area (Å²) in [6.45, 7) is 10.5. The molecule has 0 saturated heterocycles. The number of carbonyl (C=O) groups excluding carboxylic acids is 5. The predicted molar refractivity (Wildman–Crippen MR) is 147 cm³/mol. The van der Waals surface area contributed by atoms with Gasteiger partial charge in [-0.05, 0) is 19.3 Å². The van der Waals surface area contributed by atoms with Crippen molar-refractivity contribution in [3.63, 3.8) is 0 Å². The van der Waals surface area contributed by atoms with Gasteiger partial charge in [0.2, 0.25) is 11.8 Å². The van der Waals surface area contributed by atoms with Crippen molar-refractivity contribution in [1.29, 1.82) is 0 Å². The normalized spacial score (nSPS) is 13.2. The van der Waals surface area contributed by atoms with Crippen LogP contribution in [0.25, 0.3) is 0 Å². The van der Waals surface area contributed by atoms with Gasteiger partial charge in [0.15, 0.2) is 0 Å². The molecule has 0 aromatic heterocycles. The lowest BCUT2D eigenvalue weighted by molar-refractivity contribution is -0.137. The second-order valence-electron chi connectivity index (χ2n) is 10.3. The fourth-order valence-corrected chi connectivity index (χ4v) is 3.32. The van der Waals surface area contributed by atoms with Crippen LogP contribution in [-0.2, 0) is 42.9 Å². The van der Waals surface area contributed by atoms with Gasteiger partial charge in [-0.25, -0.2) is 0 Å². The van der Waals surface area contributed by atoms with Crippen molar-refractivity contribution in [2.75, 3.05) is 72.5 Å². The average Bonchev–Trinajstić information content (AvgIpc) is 3.22. The lowest BCUT2D eigenvalue weighted by atomic mass is 9.96. The van der Waals surface area contributed by atoms with Crippen molar-refractivity contribution in [1.82, 2.24) is 15.5 Å². The van der Waals surface area contributed by atoms with Crippen LogP contribution in [-0.4, -0.2) is 107 Å². The zero-order valence-electron chi connectivity index (χ0n) is 24.3. The van der Waals surface area contributed by atoms with E-state index in [-0.39, 0.29) is 60.8 Å². The summed E-state index contributed by atoms with van der Waals surface area (Å²) in [5, 5.41) is 5.68. The molecule has 0 spiro atoms. The molecule has 0 radical (unpaired) electrons. The minimum absolute atomic E-state index is 0.0348. The number of nitrogens with zero attached hydrogens (tertiary/aromatic N) is 1. The van der Waals surface area contributed by atoms with E-state index in [2.05, 4.69) is 10.6 Å². The molecule has 0 saturated carbocycles. The van der Waals surface area contributed by atoms with Gasteiger partial charge in [-0.15, -0.1) is 0 Å². The first-order valence-corrected chi connectivity index (χ1v) is 14.0. The second kappa shape index (κ2) is 21.1. The fraction of sp³-hybridized carbons (Fsp3) is 0.750. The number of ketones is 1. The van der Waals surface area contributed by atoms with Gasteiger partial charge in [-0.1, -0.05) is 20.8 Å². The summed E-state index contributed by atoms with van der Waals surface area (Å²) in [6, 6.07) is 0. The summed E-state index contributed by atoms with van der Waals surface area (Å²) in [6.07, 6.45) is 5.04. The van der Waals surface area contributed by atoms with Crippen molar-refractivity contribution in [2.24, 2.45) is 5.41 Å². The van der Waals surface area contributed by atoms with Gasteiger partial charge >= 0.3 is 0 Å². The molecule has 0 fully saturated rings. The zero-order valence-corrected chi connectivity index (χ0v) is 24.3. The molecule has 0 aromatic rings. The van der Waals surface area contributed by atoms with Crippen LogP contribution in [0, 0.1) is 5.41 Å². The summed E-state index contributed by atoms with van der Waals surface area (Å²) in [5.41, 5.74) is -0.379. The number of amides is 4. The number of imide groups is 1. The Bertz CT molecular complexity index is 806. The van der Waals surface area contributed by atoms with E-state index in [0.29, 0.717) is 78.6 Å². The molecule has 12 heteroatoms. The molecule has 2 N–H and O–H groups in total. The van der Waals surface area contributed by atoms with Crippen LogP contribution < -0.4 is 10.6 Å². The van der Waals surface area contributed by atoms with Gasteiger partial charge in [0, 0.05) is 76.3 Å². The first kappa shape index (κ1) is 35.4. The SMILES string of the molecule is CC(C)(C)C(=O)NCCCOCCOCCOCCCNC(=O)CCOCCCC(=O)CCN1C(=O)C=CC1=O. The number of rotatable bonds is 24. The van der Waals surface area contributed by atoms with Crippen molar-refractivity contribution in [2.45, 2.75) is 59.3 Å². The highest BCUT2D eigenvalue weighted by Gasteiger charge is 2.23. The van der Waals surface area contributed by atoms with E-state index in [4.69, 9.17) is 18.9 Å². The number of Topliss-reactive ketones (excluding diaryl/α,β-unsaturated/α-hetero) is 1.